The Hall–Kier alpha value is -1.83. The summed E-state index contributed by atoms with van der Waals surface area (Å²) in [5, 5.41) is 11.7. The molecule has 1 amide bonds. The van der Waals surface area contributed by atoms with Crippen molar-refractivity contribution in [1.82, 2.24) is 10.2 Å². The minimum absolute atomic E-state index is 0.0980. The zero-order valence-electron chi connectivity index (χ0n) is 13.2. The Morgan fingerprint density at radius 2 is 2.14 bits per heavy atom. The van der Waals surface area contributed by atoms with Gasteiger partial charge in [0.15, 0.2) is 0 Å². The number of aliphatic hydroxyl groups is 1. The summed E-state index contributed by atoms with van der Waals surface area (Å²) in [7, 11) is 2.03. The Balaban J connectivity index is 2.66. The van der Waals surface area contributed by atoms with Gasteiger partial charge in [-0.3, -0.25) is 4.79 Å². The van der Waals surface area contributed by atoms with Crippen molar-refractivity contribution in [3.05, 3.63) is 34.9 Å². The maximum Gasteiger partial charge on any atom is 0.251 e. The van der Waals surface area contributed by atoms with Gasteiger partial charge in [0.05, 0.1) is 0 Å². The zero-order valence-corrected chi connectivity index (χ0v) is 13.2. The summed E-state index contributed by atoms with van der Waals surface area (Å²) in [6.45, 7) is 7.41. The van der Waals surface area contributed by atoms with Crippen molar-refractivity contribution < 1.29 is 9.90 Å². The van der Waals surface area contributed by atoms with Crippen LogP contribution < -0.4 is 5.32 Å². The van der Waals surface area contributed by atoms with Gasteiger partial charge >= 0.3 is 0 Å². The van der Waals surface area contributed by atoms with E-state index in [1.54, 1.807) is 12.1 Å². The summed E-state index contributed by atoms with van der Waals surface area (Å²) in [5.74, 6) is 5.37. The van der Waals surface area contributed by atoms with Gasteiger partial charge in [-0.2, -0.15) is 0 Å². The Kier molecular flexibility index (Phi) is 6.93. The molecule has 0 aliphatic carbocycles. The number of benzene rings is 1. The van der Waals surface area contributed by atoms with E-state index in [-0.39, 0.29) is 12.5 Å². The summed E-state index contributed by atoms with van der Waals surface area (Å²) in [6, 6.07) is 5.89. The van der Waals surface area contributed by atoms with Gasteiger partial charge in [-0.15, -0.1) is 0 Å². The van der Waals surface area contributed by atoms with Gasteiger partial charge in [0.2, 0.25) is 0 Å². The molecule has 0 fully saturated rings. The van der Waals surface area contributed by atoms with Gasteiger partial charge < -0.3 is 15.3 Å². The molecule has 0 saturated carbocycles. The van der Waals surface area contributed by atoms with E-state index in [1.165, 1.54) is 0 Å². The van der Waals surface area contributed by atoms with Gasteiger partial charge in [0, 0.05) is 30.3 Å². The topological polar surface area (TPSA) is 52.6 Å². The Morgan fingerprint density at radius 3 is 2.76 bits per heavy atom. The van der Waals surface area contributed by atoms with Gasteiger partial charge in [-0.1, -0.05) is 17.9 Å². The second kappa shape index (κ2) is 8.46. The molecule has 0 aliphatic rings. The van der Waals surface area contributed by atoms with E-state index in [4.69, 9.17) is 5.11 Å². The summed E-state index contributed by atoms with van der Waals surface area (Å²) < 4.78 is 0. The first kappa shape index (κ1) is 17.2. The van der Waals surface area contributed by atoms with Crippen LogP contribution in [0.25, 0.3) is 0 Å². The van der Waals surface area contributed by atoms with Crippen molar-refractivity contribution in [2.45, 2.75) is 26.8 Å². The highest BCUT2D eigenvalue weighted by Gasteiger charge is 2.08. The van der Waals surface area contributed by atoms with Crippen LogP contribution in [0.2, 0.25) is 0 Å². The van der Waals surface area contributed by atoms with Gasteiger partial charge in [-0.05, 0) is 45.5 Å². The number of likely N-dealkylation sites (N-methyl/N-ethyl adjacent to an activating group) is 1. The summed E-state index contributed by atoms with van der Waals surface area (Å²) >= 11 is 0. The van der Waals surface area contributed by atoms with Gasteiger partial charge in [0.25, 0.3) is 5.91 Å². The van der Waals surface area contributed by atoms with Crippen LogP contribution in [0.1, 0.15) is 35.3 Å². The van der Waals surface area contributed by atoms with E-state index >= 15 is 0 Å². The lowest BCUT2D eigenvalue weighted by molar-refractivity contribution is 0.0948. The first-order valence-electron chi connectivity index (χ1n) is 7.14. The average molecular weight is 288 g/mol. The molecule has 2 N–H and O–H groups in total. The van der Waals surface area contributed by atoms with Crippen LogP contribution in [-0.2, 0) is 0 Å². The van der Waals surface area contributed by atoms with Crippen LogP contribution in [0.5, 0.6) is 0 Å². The third-order valence-electron chi connectivity index (χ3n) is 3.43. The molecule has 0 atom stereocenters. The third-order valence-corrected chi connectivity index (χ3v) is 3.43. The predicted molar refractivity (Wildman–Crippen MR) is 85.2 cm³/mol. The summed E-state index contributed by atoms with van der Waals surface area (Å²) in [4.78, 5) is 14.3. The Labute approximate surface area is 127 Å². The molecule has 0 aromatic heterocycles. The Bertz CT molecular complexity index is 541. The summed E-state index contributed by atoms with van der Waals surface area (Å²) in [6.07, 6.45) is 0. The number of aryl methyl sites for hydroxylation is 1. The highest BCUT2D eigenvalue weighted by Crippen LogP contribution is 2.10. The molecule has 1 rings (SSSR count). The van der Waals surface area contributed by atoms with Crippen LogP contribution in [0.15, 0.2) is 18.2 Å². The molecule has 21 heavy (non-hydrogen) atoms. The molecule has 114 valence electrons. The lowest BCUT2D eigenvalue weighted by Crippen LogP contribution is -2.36. The monoisotopic (exact) mass is 288 g/mol. The van der Waals surface area contributed by atoms with E-state index in [2.05, 4.69) is 35.9 Å². The minimum atomic E-state index is -0.183. The highest BCUT2D eigenvalue weighted by molar-refractivity contribution is 5.94. The van der Waals surface area contributed by atoms with E-state index in [0.717, 1.165) is 17.7 Å². The second-order valence-corrected chi connectivity index (χ2v) is 5.32. The SMILES string of the molecule is Cc1ccc(C(=O)NCCN(C)C(C)C)cc1C#CCO. The van der Waals surface area contributed by atoms with Crippen LogP contribution in [0, 0.1) is 18.8 Å². The van der Waals surface area contributed by atoms with Crippen molar-refractivity contribution in [1.29, 1.82) is 0 Å². The van der Waals surface area contributed by atoms with Crippen LogP contribution in [0.4, 0.5) is 0 Å². The molecular weight excluding hydrogens is 264 g/mol. The van der Waals surface area contributed by atoms with Crippen LogP contribution in [-0.4, -0.2) is 48.7 Å². The number of nitrogens with one attached hydrogen (secondary N) is 1. The van der Waals surface area contributed by atoms with E-state index < -0.39 is 0 Å². The van der Waals surface area contributed by atoms with E-state index in [0.29, 0.717) is 18.2 Å². The molecule has 0 heterocycles. The number of amides is 1. The molecule has 1 aromatic carbocycles. The second-order valence-electron chi connectivity index (χ2n) is 5.32. The van der Waals surface area contributed by atoms with Crippen molar-refractivity contribution in [2.75, 3.05) is 26.7 Å². The molecule has 0 aliphatic heterocycles. The molecule has 0 unspecified atom stereocenters. The zero-order chi connectivity index (χ0) is 15.8. The van der Waals surface area contributed by atoms with Crippen molar-refractivity contribution in [2.24, 2.45) is 0 Å². The number of aliphatic hydroxyl groups excluding tert-OH is 1. The first-order chi connectivity index (χ1) is 9.95. The molecule has 0 radical (unpaired) electrons. The Morgan fingerprint density at radius 1 is 1.43 bits per heavy atom. The lowest BCUT2D eigenvalue weighted by atomic mass is 10.0. The van der Waals surface area contributed by atoms with E-state index in [9.17, 15) is 4.79 Å². The average Bonchev–Trinajstić information content (AvgIpc) is 2.45. The quantitative estimate of drug-likeness (QED) is 0.806. The fourth-order valence-electron chi connectivity index (χ4n) is 1.74. The fraction of sp³-hybridized carbons (Fsp3) is 0.471. The molecule has 0 spiro atoms. The van der Waals surface area contributed by atoms with Crippen molar-refractivity contribution in [3.8, 4) is 11.8 Å². The molecule has 4 heteroatoms. The number of hydrogen-bond donors (Lipinski definition) is 2. The number of hydrogen-bond acceptors (Lipinski definition) is 3. The largest absolute Gasteiger partial charge is 0.384 e. The molecule has 0 bridgehead atoms. The van der Waals surface area contributed by atoms with Gasteiger partial charge in [-0.25, -0.2) is 0 Å². The van der Waals surface area contributed by atoms with Crippen molar-refractivity contribution in [3.63, 3.8) is 0 Å². The number of carbonyl (C=O) groups is 1. The maximum atomic E-state index is 12.1. The maximum absolute atomic E-state index is 12.1. The van der Waals surface area contributed by atoms with Crippen LogP contribution >= 0.6 is 0 Å². The standard InChI is InChI=1S/C17H24N2O2/c1-13(2)19(4)10-9-18-17(21)16-8-7-14(3)15(12-16)6-5-11-20/h7-8,12-13,20H,9-11H2,1-4H3,(H,18,21). The number of nitrogens with zero attached hydrogens (tertiary/aromatic N) is 1. The molecule has 4 nitrogen and oxygen atoms in total. The molecule has 0 saturated heterocycles. The van der Waals surface area contributed by atoms with Crippen molar-refractivity contribution >= 4 is 5.91 Å². The molecule has 1 aromatic rings. The number of carbonyl (C=O) groups excluding carboxylic acids is 1. The van der Waals surface area contributed by atoms with Gasteiger partial charge in [0.1, 0.15) is 6.61 Å². The first-order valence-corrected chi connectivity index (χ1v) is 7.14. The fourth-order valence-corrected chi connectivity index (χ4v) is 1.74. The van der Waals surface area contributed by atoms with E-state index in [1.807, 2.05) is 20.0 Å². The minimum Gasteiger partial charge on any atom is -0.384 e. The smallest absolute Gasteiger partial charge is 0.251 e. The predicted octanol–water partition coefficient (Wildman–Crippen LogP) is 1.41. The lowest BCUT2D eigenvalue weighted by Gasteiger charge is -2.20. The van der Waals surface area contributed by atoms with Crippen LogP contribution in [0.3, 0.4) is 0 Å². The normalized spacial score (nSPS) is 10.4. The third kappa shape index (κ3) is 5.58. The molecular formula is C17H24N2O2. The highest BCUT2D eigenvalue weighted by atomic mass is 16.2. The summed E-state index contributed by atoms with van der Waals surface area (Å²) in [5.41, 5.74) is 2.36. The number of rotatable bonds is 5.